The lowest BCUT2D eigenvalue weighted by Crippen LogP contribution is -2.36. The number of anilines is 1. The molecule has 5 nitrogen and oxygen atoms in total. The van der Waals surface area contributed by atoms with Crippen LogP contribution in [0.4, 0.5) is 5.69 Å². The minimum atomic E-state index is -0.208. The zero-order chi connectivity index (χ0) is 19.2. The van der Waals surface area contributed by atoms with E-state index in [1.165, 1.54) is 0 Å². The van der Waals surface area contributed by atoms with E-state index in [2.05, 4.69) is 24.1 Å². The van der Waals surface area contributed by atoms with Crippen LogP contribution >= 0.6 is 0 Å². The number of aromatic nitrogens is 1. The topological polar surface area (TPSA) is 62.3 Å². The summed E-state index contributed by atoms with van der Waals surface area (Å²) in [5.41, 5.74) is 3.90. The highest BCUT2D eigenvalue weighted by Gasteiger charge is 2.20. The van der Waals surface area contributed by atoms with Crippen molar-refractivity contribution in [1.29, 1.82) is 0 Å². The van der Waals surface area contributed by atoms with Crippen molar-refractivity contribution in [3.63, 3.8) is 0 Å². The average molecular weight is 365 g/mol. The molecule has 27 heavy (non-hydrogen) atoms. The van der Waals surface area contributed by atoms with Crippen molar-refractivity contribution in [3.8, 4) is 0 Å². The number of hydrogen-bond acceptors (Lipinski definition) is 3. The van der Waals surface area contributed by atoms with Gasteiger partial charge in [-0.05, 0) is 55.4 Å². The SMILES string of the molecule is CCc1cccc(CC)c1NC(=O)c1ccnc(C(=O)N2CCCCC2)c1. The Hall–Kier alpha value is -2.69. The van der Waals surface area contributed by atoms with Gasteiger partial charge in [0.25, 0.3) is 11.8 Å². The first kappa shape index (κ1) is 19.1. The van der Waals surface area contributed by atoms with Gasteiger partial charge in [-0.3, -0.25) is 14.6 Å². The van der Waals surface area contributed by atoms with E-state index in [-0.39, 0.29) is 11.8 Å². The zero-order valence-electron chi connectivity index (χ0n) is 16.1. The first-order valence-corrected chi connectivity index (χ1v) is 9.81. The number of nitrogens with one attached hydrogen (secondary N) is 1. The number of likely N-dealkylation sites (tertiary alicyclic amines) is 1. The van der Waals surface area contributed by atoms with Crippen molar-refractivity contribution in [1.82, 2.24) is 9.88 Å². The summed E-state index contributed by atoms with van der Waals surface area (Å²) in [5.74, 6) is -0.298. The van der Waals surface area contributed by atoms with Crippen molar-refractivity contribution in [3.05, 3.63) is 58.9 Å². The Labute approximate surface area is 160 Å². The Balaban J connectivity index is 1.81. The third-order valence-electron chi connectivity index (χ3n) is 5.12. The first-order valence-electron chi connectivity index (χ1n) is 9.81. The van der Waals surface area contributed by atoms with Crippen LogP contribution in [0.25, 0.3) is 0 Å². The van der Waals surface area contributed by atoms with Crippen LogP contribution in [0.1, 0.15) is 65.1 Å². The molecule has 1 aliphatic heterocycles. The van der Waals surface area contributed by atoms with Gasteiger partial charge in [-0.2, -0.15) is 0 Å². The van der Waals surface area contributed by atoms with Crippen LogP contribution in [-0.4, -0.2) is 34.8 Å². The number of para-hydroxylation sites is 1. The Bertz CT molecular complexity index is 804. The summed E-state index contributed by atoms with van der Waals surface area (Å²) in [4.78, 5) is 31.5. The number of hydrogen-bond donors (Lipinski definition) is 1. The van der Waals surface area contributed by atoms with E-state index in [4.69, 9.17) is 0 Å². The fourth-order valence-electron chi connectivity index (χ4n) is 3.54. The van der Waals surface area contributed by atoms with Crippen LogP contribution in [0.5, 0.6) is 0 Å². The molecule has 0 spiro atoms. The standard InChI is InChI=1S/C22H27N3O2/c1-3-16-9-8-10-17(4-2)20(16)24-21(26)18-11-12-23-19(15-18)22(27)25-13-6-5-7-14-25/h8-12,15H,3-7,13-14H2,1-2H3,(H,24,26). The predicted octanol–water partition coefficient (Wildman–Crippen LogP) is 4.08. The zero-order valence-corrected chi connectivity index (χ0v) is 16.1. The molecule has 0 radical (unpaired) electrons. The van der Waals surface area contributed by atoms with Crippen molar-refractivity contribution < 1.29 is 9.59 Å². The smallest absolute Gasteiger partial charge is 0.272 e. The van der Waals surface area contributed by atoms with Crippen LogP contribution in [0.2, 0.25) is 0 Å². The lowest BCUT2D eigenvalue weighted by atomic mass is 10.0. The highest BCUT2D eigenvalue weighted by atomic mass is 16.2. The van der Waals surface area contributed by atoms with Gasteiger partial charge in [0, 0.05) is 30.5 Å². The Kier molecular flexibility index (Phi) is 6.22. The maximum absolute atomic E-state index is 12.8. The average Bonchev–Trinajstić information content (AvgIpc) is 2.74. The molecule has 3 rings (SSSR count). The number of rotatable bonds is 5. The third-order valence-corrected chi connectivity index (χ3v) is 5.12. The molecule has 1 aromatic carbocycles. The van der Waals surface area contributed by atoms with Crippen LogP contribution in [-0.2, 0) is 12.8 Å². The largest absolute Gasteiger partial charge is 0.337 e. The van der Waals surface area contributed by atoms with Crippen LogP contribution < -0.4 is 5.32 Å². The highest BCUT2D eigenvalue weighted by molar-refractivity contribution is 6.06. The molecule has 2 aromatic rings. The molecule has 2 amide bonds. The second kappa shape index (κ2) is 8.80. The summed E-state index contributed by atoms with van der Waals surface area (Å²) >= 11 is 0. The van der Waals surface area contributed by atoms with Gasteiger partial charge in [0.05, 0.1) is 0 Å². The third kappa shape index (κ3) is 4.35. The van der Waals surface area contributed by atoms with Gasteiger partial charge < -0.3 is 10.2 Å². The molecular formula is C22H27N3O2. The number of nitrogens with zero attached hydrogens (tertiary/aromatic N) is 2. The molecule has 0 saturated carbocycles. The highest BCUT2D eigenvalue weighted by Crippen LogP contribution is 2.23. The molecule has 1 fully saturated rings. The summed E-state index contributed by atoms with van der Waals surface area (Å²) in [5, 5.41) is 3.05. The van der Waals surface area contributed by atoms with Gasteiger partial charge in [-0.1, -0.05) is 32.0 Å². The van der Waals surface area contributed by atoms with E-state index >= 15 is 0 Å². The minimum absolute atomic E-state index is 0.0902. The van der Waals surface area contributed by atoms with Crippen LogP contribution in [0.3, 0.4) is 0 Å². The number of amides is 2. The van der Waals surface area contributed by atoms with E-state index in [0.29, 0.717) is 11.3 Å². The molecule has 0 unspecified atom stereocenters. The second-order valence-electron chi connectivity index (χ2n) is 6.90. The van der Waals surface area contributed by atoms with Gasteiger partial charge in [-0.25, -0.2) is 0 Å². The monoisotopic (exact) mass is 365 g/mol. The number of piperidine rings is 1. The molecule has 0 atom stereocenters. The molecule has 1 saturated heterocycles. The van der Waals surface area contributed by atoms with Crippen molar-refractivity contribution in [2.24, 2.45) is 0 Å². The van der Waals surface area contributed by atoms with E-state index in [1.54, 1.807) is 18.3 Å². The van der Waals surface area contributed by atoms with E-state index in [9.17, 15) is 9.59 Å². The number of aryl methyl sites for hydroxylation is 2. The van der Waals surface area contributed by atoms with E-state index < -0.39 is 0 Å². The summed E-state index contributed by atoms with van der Waals surface area (Å²) < 4.78 is 0. The molecule has 1 aromatic heterocycles. The van der Waals surface area contributed by atoms with Gasteiger partial charge in [0.2, 0.25) is 0 Å². The van der Waals surface area contributed by atoms with Gasteiger partial charge in [-0.15, -0.1) is 0 Å². The summed E-state index contributed by atoms with van der Waals surface area (Å²) in [6.07, 6.45) is 6.45. The molecule has 1 N–H and O–H groups in total. The fraction of sp³-hybridized carbons (Fsp3) is 0.409. The van der Waals surface area contributed by atoms with Gasteiger partial charge >= 0.3 is 0 Å². The summed E-state index contributed by atoms with van der Waals surface area (Å²) in [6, 6.07) is 9.35. The molecule has 0 bridgehead atoms. The number of carbonyl (C=O) groups is 2. The fourth-order valence-corrected chi connectivity index (χ4v) is 3.54. The summed E-state index contributed by atoms with van der Waals surface area (Å²) in [7, 11) is 0. The number of benzene rings is 1. The summed E-state index contributed by atoms with van der Waals surface area (Å²) in [6.45, 7) is 5.68. The second-order valence-corrected chi connectivity index (χ2v) is 6.90. The molecule has 5 heteroatoms. The maximum atomic E-state index is 12.8. The molecule has 2 heterocycles. The molecule has 142 valence electrons. The molecule has 1 aliphatic rings. The van der Waals surface area contributed by atoms with Crippen molar-refractivity contribution >= 4 is 17.5 Å². The normalized spacial score (nSPS) is 14.1. The minimum Gasteiger partial charge on any atom is -0.337 e. The van der Waals surface area contributed by atoms with Crippen molar-refractivity contribution in [2.75, 3.05) is 18.4 Å². The van der Waals surface area contributed by atoms with Gasteiger partial charge in [0.1, 0.15) is 5.69 Å². The number of pyridine rings is 1. The lowest BCUT2D eigenvalue weighted by molar-refractivity contribution is 0.0718. The quantitative estimate of drug-likeness (QED) is 0.868. The van der Waals surface area contributed by atoms with E-state index in [1.807, 2.05) is 23.1 Å². The lowest BCUT2D eigenvalue weighted by Gasteiger charge is -2.26. The first-order chi connectivity index (χ1) is 13.1. The molecular weight excluding hydrogens is 338 g/mol. The van der Waals surface area contributed by atoms with Crippen LogP contribution in [0, 0.1) is 0 Å². The Morgan fingerprint density at radius 1 is 1.04 bits per heavy atom. The van der Waals surface area contributed by atoms with E-state index in [0.717, 1.165) is 62.0 Å². The molecule has 0 aliphatic carbocycles. The Morgan fingerprint density at radius 3 is 2.33 bits per heavy atom. The number of carbonyl (C=O) groups excluding carboxylic acids is 2. The van der Waals surface area contributed by atoms with Crippen LogP contribution in [0.15, 0.2) is 36.5 Å². The van der Waals surface area contributed by atoms with Gasteiger partial charge in [0.15, 0.2) is 0 Å². The predicted molar refractivity (Wildman–Crippen MR) is 107 cm³/mol. The Morgan fingerprint density at radius 2 is 1.70 bits per heavy atom. The maximum Gasteiger partial charge on any atom is 0.272 e. The van der Waals surface area contributed by atoms with Crippen molar-refractivity contribution in [2.45, 2.75) is 46.0 Å².